The number of aromatic nitrogens is 2. The molecule has 0 fully saturated rings. The summed E-state index contributed by atoms with van der Waals surface area (Å²) < 4.78 is 0. The van der Waals surface area contributed by atoms with Gasteiger partial charge in [-0.15, -0.1) is 0 Å². The van der Waals surface area contributed by atoms with Crippen LogP contribution in [0.4, 0.5) is 11.6 Å². The first-order chi connectivity index (χ1) is 8.79. The molecule has 5 heteroatoms. The summed E-state index contributed by atoms with van der Waals surface area (Å²) in [6.07, 6.45) is 1.62. The largest absolute Gasteiger partial charge is 0.396 e. The Bertz CT molecular complexity index is 426. The summed E-state index contributed by atoms with van der Waals surface area (Å²) in [6, 6.07) is 0.200. The fourth-order valence-electron chi connectivity index (χ4n) is 1.74. The third-order valence-corrected chi connectivity index (χ3v) is 3.17. The lowest BCUT2D eigenvalue weighted by Crippen LogP contribution is -2.24. The van der Waals surface area contributed by atoms with Gasteiger partial charge >= 0.3 is 0 Å². The van der Waals surface area contributed by atoms with Crippen molar-refractivity contribution >= 4 is 11.6 Å². The van der Waals surface area contributed by atoms with Crippen molar-refractivity contribution in [2.45, 2.75) is 58.9 Å². The highest BCUT2D eigenvalue weighted by molar-refractivity contribution is 5.55. The van der Waals surface area contributed by atoms with E-state index in [0.29, 0.717) is 12.2 Å². The quantitative estimate of drug-likeness (QED) is 0.761. The van der Waals surface area contributed by atoms with Crippen LogP contribution in [-0.2, 0) is 5.41 Å². The molecule has 19 heavy (non-hydrogen) atoms. The summed E-state index contributed by atoms with van der Waals surface area (Å²) >= 11 is 0. The number of nitrogens with one attached hydrogen (secondary N) is 1. The van der Waals surface area contributed by atoms with Gasteiger partial charge in [0.1, 0.15) is 17.5 Å². The molecule has 0 saturated carbocycles. The van der Waals surface area contributed by atoms with Gasteiger partial charge in [0.2, 0.25) is 0 Å². The van der Waals surface area contributed by atoms with E-state index in [1.165, 1.54) is 0 Å². The Kier molecular flexibility index (Phi) is 5.11. The first-order valence-corrected chi connectivity index (χ1v) is 6.81. The highest BCUT2D eigenvalue weighted by Crippen LogP contribution is 2.25. The zero-order valence-electron chi connectivity index (χ0n) is 12.6. The van der Waals surface area contributed by atoms with Gasteiger partial charge in [0.15, 0.2) is 0 Å². The van der Waals surface area contributed by atoms with Crippen molar-refractivity contribution in [1.82, 2.24) is 9.97 Å². The predicted molar refractivity (Wildman–Crippen MR) is 79.3 cm³/mol. The third-order valence-electron chi connectivity index (χ3n) is 3.17. The molecule has 108 valence electrons. The van der Waals surface area contributed by atoms with E-state index in [1.807, 2.05) is 6.92 Å². The number of hydrogen-bond acceptors (Lipinski definition) is 5. The molecule has 0 spiro atoms. The number of anilines is 2. The van der Waals surface area contributed by atoms with Gasteiger partial charge in [-0.3, -0.25) is 0 Å². The molecule has 0 aliphatic heterocycles. The Balaban J connectivity index is 3.09. The Labute approximate surface area is 115 Å². The van der Waals surface area contributed by atoms with Gasteiger partial charge in [-0.2, -0.15) is 0 Å². The molecule has 0 saturated heterocycles. The molecule has 1 atom stereocenters. The van der Waals surface area contributed by atoms with E-state index in [4.69, 9.17) is 10.8 Å². The smallest absolute Gasteiger partial charge is 0.138 e. The number of aliphatic hydroxyl groups is 1. The zero-order valence-corrected chi connectivity index (χ0v) is 12.6. The Morgan fingerprint density at radius 3 is 2.42 bits per heavy atom. The maximum Gasteiger partial charge on any atom is 0.138 e. The van der Waals surface area contributed by atoms with E-state index in [2.05, 4.69) is 43.0 Å². The van der Waals surface area contributed by atoms with Crippen LogP contribution in [-0.4, -0.2) is 27.7 Å². The second-order valence-electron chi connectivity index (χ2n) is 5.92. The lowest BCUT2D eigenvalue weighted by atomic mass is 9.95. The molecule has 4 N–H and O–H groups in total. The third kappa shape index (κ3) is 4.06. The van der Waals surface area contributed by atoms with E-state index in [-0.39, 0.29) is 18.1 Å². The number of hydrogen-bond donors (Lipinski definition) is 3. The van der Waals surface area contributed by atoms with Gasteiger partial charge in [0.05, 0.1) is 0 Å². The first-order valence-electron chi connectivity index (χ1n) is 6.81. The molecule has 1 unspecified atom stereocenters. The number of nitrogen functional groups attached to an aromatic ring is 1. The monoisotopic (exact) mass is 266 g/mol. The fraction of sp³-hybridized carbons (Fsp3) is 0.714. The molecule has 0 aliphatic carbocycles. The van der Waals surface area contributed by atoms with E-state index < -0.39 is 0 Å². The van der Waals surface area contributed by atoms with E-state index >= 15 is 0 Å². The van der Waals surface area contributed by atoms with Crippen molar-refractivity contribution in [3.8, 4) is 0 Å². The fourth-order valence-corrected chi connectivity index (χ4v) is 1.74. The first kappa shape index (κ1) is 15.7. The Morgan fingerprint density at radius 1 is 1.32 bits per heavy atom. The summed E-state index contributed by atoms with van der Waals surface area (Å²) in [5, 5.41) is 12.4. The van der Waals surface area contributed by atoms with Crippen LogP contribution < -0.4 is 11.1 Å². The molecule has 5 nitrogen and oxygen atoms in total. The van der Waals surface area contributed by atoms with Crippen LogP contribution in [0, 0.1) is 6.92 Å². The highest BCUT2D eigenvalue weighted by Gasteiger charge is 2.21. The van der Waals surface area contributed by atoms with Gasteiger partial charge in [-0.25, -0.2) is 9.97 Å². The van der Waals surface area contributed by atoms with Gasteiger partial charge in [0, 0.05) is 23.6 Å². The van der Waals surface area contributed by atoms with E-state index in [9.17, 15) is 0 Å². The summed E-state index contributed by atoms with van der Waals surface area (Å²) in [7, 11) is 0. The molecule has 0 aliphatic rings. The van der Waals surface area contributed by atoms with Crippen LogP contribution in [0.25, 0.3) is 0 Å². The van der Waals surface area contributed by atoms with Crippen LogP contribution in [0.15, 0.2) is 0 Å². The van der Waals surface area contributed by atoms with E-state index in [0.717, 1.165) is 23.6 Å². The zero-order chi connectivity index (χ0) is 14.6. The van der Waals surface area contributed by atoms with Crippen molar-refractivity contribution in [3.05, 3.63) is 11.4 Å². The maximum atomic E-state index is 9.06. The number of rotatable bonds is 5. The molecule has 1 rings (SSSR count). The van der Waals surface area contributed by atoms with Crippen LogP contribution in [0.5, 0.6) is 0 Å². The van der Waals surface area contributed by atoms with Gasteiger partial charge < -0.3 is 16.2 Å². The average Bonchev–Trinajstić information content (AvgIpc) is 2.32. The lowest BCUT2D eigenvalue weighted by molar-refractivity contribution is 0.278. The minimum atomic E-state index is -0.142. The summed E-state index contributed by atoms with van der Waals surface area (Å²) in [5.41, 5.74) is 6.69. The van der Waals surface area contributed by atoms with Crippen molar-refractivity contribution in [2.75, 3.05) is 17.7 Å². The van der Waals surface area contributed by atoms with Crippen molar-refractivity contribution in [3.63, 3.8) is 0 Å². The summed E-state index contributed by atoms with van der Waals surface area (Å²) in [4.78, 5) is 8.95. The lowest BCUT2D eigenvalue weighted by Gasteiger charge is -2.22. The molecular formula is C14H26N4O. The molecule has 1 aromatic rings. The van der Waals surface area contributed by atoms with Gasteiger partial charge in [-0.1, -0.05) is 27.7 Å². The van der Waals surface area contributed by atoms with E-state index in [1.54, 1.807) is 0 Å². The molecule has 0 aromatic carbocycles. The van der Waals surface area contributed by atoms with Crippen LogP contribution in [0.1, 0.15) is 51.9 Å². The summed E-state index contributed by atoms with van der Waals surface area (Å²) in [6.45, 7) is 10.3. The van der Waals surface area contributed by atoms with Crippen LogP contribution in [0.3, 0.4) is 0 Å². The molecule has 0 radical (unpaired) electrons. The topological polar surface area (TPSA) is 84.1 Å². The molecule has 0 bridgehead atoms. The minimum absolute atomic E-state index is 0.142. The molecular weight excluding hydrogens is 240 g/mol. The number of nitrogens with zero attached hydrogens (tertiary/aromatic N) is 2. The van der Waals surface area contributed by atoms with Crippen molar-refractivity contribution in [1.29, 1.82) is 0 Å². The number of aliphatic hydroxyl groups excluding tert-OH is 1. The summed E-state index contributed by atoms with van der Waals surface area (Å²) in [5.74, 6) is 2.02. The van der Waals surface area contributed by atoms with Crippen molar-refractivity contribution < 1.29 is 5.11 Å². The predicted octanol–water partition coefficient (Wildman–Crippen LogP) is 2.24. The van der Waals surface area contributed by atoms with Crippen molar-refractivity contribution in [2.24, 2.45) is 0 Å². The minimum Gasteiger partial charge on any atom is -0.396 e. The maximum absolute atomic E-state index is 9.06. The number of nitrogens with two attached hydrogens (primary N) is 1. The molecule has 1 aromatic heterocycles. The van der Waals surface area contributed by atoms with Crippen LogP contribution in [0.2, 0.25) is 0 Å². The molecule has 0 amide bonds. The van der Waals surface area contributed by atoms with Gasteiger partial charge in [-0.05, 0) is 19.8 Å². The molecule has 1 heterocycles. The normalized spacial score (nSPS) is 13.4. The highest BCUT2D eigenvalue weighted by atomic mass is 16.3. The van der Waals surface area contributed by atoms with Gasteiger partial charge in [0.25, 0.3) is 0 Å². The SMILES string of the molecule is CCC(CCO)Nc1nc(C(C)(C)C)nc(N)c1C. The van der Waals surface area contributed by atoms with Crippen LogP contribution >= 0.6 is 0 Å². The Hall–Kier alpha value is -1.36. The Morgan fingerprint density at radius 2 is 1.95 bits per heavy atom. The second-order valence-corrected chi connectivity index (χ2v) is 5.92. The average molecular weight is 266 g/mol. The standard InChI is InChI=1S/C14H26N4O/c1-6-10(7-8-19)16-12-9(2)11(15)17-13(18-12)14(3,4)5/h10,19H,6-8H2,1-5H3,(H3,15,16,17,18). The second kappa shape index (κ2) is 6.19.